The number of fused-ring (bicyclic) bond motifs is 2. The molecule has 138 valence electrons. The molecular weight excluding hydrogens is 360 g/mol. The molecular formula is C22H21ClN2O2. The fraction of sp³-hybridized carbons (Fsp3) is 0.273. The van der Waals surface area contributed by atoms with E-state index in [-0.39, 0.29) is 22.9 Å². The van der Waals surface area contributed by atoms with Crippen LogP contribution in [0, 0.1) is 0 Å². The number of carbonyl (C=O) groups is 1. The minimum atomic E-state index is -0.328. The van der Waals surface area contributed by atoms with E-state index in [0.717, 1.165) is 30.3 Å². The van der Waals surface area contributed by atoms with Gasteiger partial charge in [0, 0.05) is 23.2 Å². The number of hydrogen-bond acceptors (Lipinski definition) is 2. The van der Waals surface area contributed by atoms with Crippen LogP contribution in [0.4, 0.5) is 0 Å². The Balaban J connectivity index is 1.74. The fourth-order valence-electron chi connectivity index (χ4n) is 3.93. The van der Waals surface area contributed by atoms with E-state index in [1.165, 1.54) is 5.56 Å². The number of amides is 1. The Morgan fingerprint density at radius 3 is 2.89 bits per heavy atom. The highest BCUT2D eigenvalue weighted by Crippen LogP contribution is 2.29. The van der Waals surface area contributed by atoms with Crippen LogP contribution in [0.25, 0.3) is 10.9 Å². The molecule has 1 aliphatic carbocycles. The number of hydrogen-bond donors (Lipinski definition) is 1. The maximum atomic E-state index is 13.0. The third kappa shape index (κ3) is 3.26. The zero-order valence-electron chi connectivity index (χ0n) is 15.2. The quantitative estimate of drug-likeness (QED) is 0.728. The Labute approximate surface area is 162 Å². The first kappa shape index (κ1) is 17.8. The SMILES string of the molecule is CCn1cc(C(=O)N[C@@H]2CCCc3ccccc32)c(=O)c2cc(Cl)ccc21. The molecule has 0 radical (unpaired) electrons. The Morgan fingerprint density at radius 1 is 1.26 bits per heavy atom. The summed E-state index contributed by atoms with van der Waals surface area (Å²) in [5.41, 5.74) is 3.09. The normalized spacial score (nSPS) is 16.1. The van der Waals surface area contributed by atoms with Gasteiger partial charge in [0.25, 0.3) is 5.91 Å². The summed E-state index contributed by atoms with van der Waals surface area (Å²) in [6, 6.07) is 13.3. The lowest BCUT2D eigenvalue weighted by molar-refractivity contribution is 0.0931. The van der Waals surface area contributed by atoms with Crippen molar-refractivity contribution in [2.24, 2.45) is 0 Å². The van der Waals surface area contributed by atoms with Gasteiger partial charge < -0.3 is 9.88 Å². The smallest absolute Gasteiger partial charge is 0.257 e. The highest BCUT2D eigenvalue weighted by Gasteiger charge is 2.23. The Kier molecular flexibility index (Phi) is 4.75. The van der Waals surface area contributed by atoms with Crippen molar-refractivity contribution in [1.82, 2.24) is 9.88 Å². The van der Waals surface area contributed by atoms with E-state index in [4.69, 9.17) is 11.6 Å². The number of nitrogens with one attached hydrogen (secondary N) is 1. The summed E-state index contributed by atoms with van der Waals surface area (Å²) >= 11 is 6.08. The zero-order chi connectivity index (χ0) is 19.0. The van der Waals surface area contributed by atoms with Gasteiger partial charge in [0.15, 0.2) is 0 Å². The third-order valence-electron chi connectivity index (χ3n) is 5.30. The molecule has 1 heterocycles. The lowest BCUT2D eigenvalue weighted by atomic mass is 9.87. The molecule has 4 rings (SSSR count). The van der Waals surface area contributed by atoms with Gasteiger partial charge in [-0.25, -0.2) is 0 Å². The largest absolute Gasteiger partial charge is 0.347 e. The van der Waals surface area contributed by atoms with Gasteiger partial charge in [-0.2, -0.15) is 0 Å². The molecule has 2 aromatic carbocycles. The van der Waals surface area contributed by atoms with Crippen molar-refractivity contribution in [3.05, 3.63) is 80.6 Å². The van der Waals surface area contributed by atoms with Gasteiger partial charge in [-0.3, -0.25) is 9.59 Å². The van der Waals surface area contributed by atoms with Crippen LogP contribution in [0.2, 0.25) is 5.02 Å². The predicted octanol–water partition coefficient (Wildman–Crippen LogP) is 4.48. The molecule has 3 aromatic rings. The van der Waals surface area contributed by atoms with Crippen molar-refractivity contribution in [2.45, 2.75) is 38.8 Å². The Morgan fingerprint density at radius 2 is 2.07 bits per heavy atom. The first-order chi connectivity index (χ1) is 13.1. The van der Waals surface area contributed by atoms with Crippen molar-refractivity contribution >= 4 is 28.4 Å². The molecule has 0 spiro atoms. The molecule has 0 aliphatic heterocycles. The number of pyridine rings is 1. The van der Waals surface area contributed by atoms with Crippen molar-refractivity contribution < 1.29 is 4.79 Å². The Hall–Kier alpha value is -2.59. The number of benzene rings is 2. The summed E-state index contributed by atoms with van der Waals surface area (Å²) in [6.07, 6.45) is 4.58. The van der Waals surface area contributed by atoms with E-state index in [1.807, 2.05) is 29.7 Å². The van der Waals surface area contributed by atoms with Gasteiger partial charge >= 0.3 is 0 Å². The van der Waals surface area contributed by atoms with Crippen LogP contribution in [-0.2, 0) is 13.0 Å². The van der Waals surface area contributed by atoms with Gasteiger partial charge in [0.05, 0.1) is 11.6 Å². The predicted molar refractivity (Wildman–Crippen MR) is 108 cm³/mol. The first-order valence-corrected chi connectivity index (χ1v) is 9.67. The van der Waals surface area contributed by atoms with Gasteiger partial charge in [0.1, 0.15) is 5.56 Å². The standard InChI is InChI=1S/C22H21ClN2O2/c1-2-25-13-18(21(26)17-12-15(23)10-11-20(17)25)22(27)24-19-9-5-7-14-6-3-4-8-16(14)19/h3-4,6,8,10-13,19H,2,5,7,9H2,1H3,(H,24,27)/t19-/m1/s1. The zero-order valence-corrected chi connectivity index (χ0v) is 15.9. The molecule has 1 atom stereocenters. The van der Waals surface area contributed by atoms with E-state index in [2.05, 4.69) is 17.4 Å². The maximum Gasteiger partial charge on any atom is 0.257 e. The van der Waals surface area contributed by atoms with Crippen LogP contribution in [0.5, 0.6) is 0 Å². The van der Waals surface area contributed by atoms with Gasteiger partial charge in [-0.05, 0) is 55.5 Å². The molecule has 0 bridgehead atoms. The second-order valence-electron chi connectivity index (χ2n) is 6.94. The van der Waals surface area contributed by atoms with Crippen molar-refractivity contribution in [3.8, 4) is 0 Å². The van der Waals surface area contributed by atoms with Crippen molar-refractivity contribution in [3.63, 3.8) is 0 Å². The van der Waals surface area contributed by atoms with Crippen molar-refractivity contribution in [1.29, 1.82) is 0 Å². The second kappa shape index (κ2) is 7.20. The minimum Gasteiger partial charge on any atom is -0.347 e. The van der Waals surface area contributed by atoms with E-state index in [9.17, 15) is 9.59 Å². The highest BCUT2D eigenvalue weighted by molar-refractivity contribution is 6.31. The maximum absolute atomic E-state index is 13.0. The molecule has 27 heavy (non-hydrogen) atoms. The third-order valence-corrected chi connectivity index (χ3v) is 5.54. The summed E-state index contributed by atoms with van der Waals surface area (Å²) < 4.78 is 1.91. The number of nitrogens with zero attached hydrogens (tertiary/aromatic N) is 1. The minimum absolute atomic E-state index is 0.0630. The molecule has 0 fully saturated rings. The van der Waals surface area contributed by atoms with Crippen LogP contribution in [-0.4, -0.2) is 10.5 Å². The second-order valence-corrected chi connectivity index (χ2v) is 7.37. The van der Waals surface area contributed by atoms with Gasteiger partial charge in [0.2, 0.25) is 5.43 Å². The molecule has 1 aliphatic rings. The monoisotopic (exact) mass is 380 g/mol. The summed E-state index contributed by atoms with van der Waals surface area (Å²) in [4.78, 5) is 25.9. The number of aryl methyl sites for hydroxylation is 2. The molecule has 0 unspecified atom stereocenters. The molecule has 1 amide bonds. The Bertz CT molecular complexity index is 1090. The summed E-state index contributed by atoms with van der Waals surface area (Å²) in [6.45, 7) is 2.64. The molecule has 5 heteroatoms. The van der Waals surface area contributed by atoms with E-state index >= 15 is 0 Å². The molecule has 1 aromatic heterocycles. The number of halogens is 1. The van der Waals surface area contributed by atoms with E-state index < -0.39 is 0 Å². The average molecular weight is 381 g/mol. The number of rotatable bonds is 3. The van der Waals surface area contributed by atoms with Crippen LogP contribution >= 0.6 is 11.6 Å². The van der Waals surface area contributed by atoms with Gasteiger partial charge in [-0.1, -0.05) is 35.9 Å². The lowest BCUT2D eigenvalue weighted by Crippen LogP contribution is -2.34. The van der Waals surface area contributed by atoms with E-state index in [0.29, 0.717) is 17.0 Å². The van der Waals surface area contributed by atoms with Crippen LogP contribution < -0.4 is 10.7 Å². The highest BCUT2D eigenvalue weighted by atomic mass is 35.5. The summed E-state index contributed by atoms with van der Waals surface area (Å²) in [7, 11) is 0. The number of carbonyl (C=O) groups excluding carboxylic acids is 1. The first-order valence-electron chi connectivity index (χ1n) is 9.30. The molecule has 4 nitrogen and oxygen atoms in total. The van der Waals surface area contributed by atoms with Crippen LogP contribution in [0.15, 0.2) is 53.5 Å². The van der Waals surface area contributed by atoms with Crippen LogP contribution in [0.1, 0.15) is 47.3 Å². The van der Waals surface area contributed by atoms with Crippen molar-refractivity contribution in [2.75, 3.05) is 0 Å². The summed E-state index contributed by atoms with van der Waals surface area (Å²) in [5.74, 6) is -0.328. The number of aromatic nitrogens is 1. The fourth-order valence-corrected chi connectivity index (χ4v) is 4.11. The lowest BCUT2D eigenvalue weighted by Gasteiger charge is -2.26. The topological polar surface area (TPSA) is 51.1 Å². The molecule has 0 saturated carbocycles. The molecule has 1 N–H and O–H groups in total. The van der Waals surface area contributed by atoms with E-state index in [1.54, 1.807) is 18.3 Å². The van der Waals surface area contributed by atoms with Crippen LogP contribution in [0.3, 0.4) is 0 Å². The average Bonchev–Trinajstić information content (AvgIpc) is 2.69. The van der Waals surface area contributed by atoms with Gasteiger partial charge in [-0.15, -0.1) is 0 Å². The molecule has 0 saturated heterocycles. The summed E-state index contributed by atoms with van der Waals surface area (Å²) in [5, 5.41) is 4.04.